The summed E-state index contributed by atoms with van der Waals surface area (Å²) in [5.41, 5.74) is 0.958. The van der Waals surface area contributed by atoms with Gasteiger partial charge in [-0.15, -0.1) is 5.10 Å². The largest absolute Gasteiger partial charge is 0.476 e. The molecule has 0 radical (unpaired) electrons. The Hall–Kier alpha value is -1.42. The topological polar surface area (TPSA) is 47.0 Å². The van der Waals surface area contributed by atoms with Crippen LogP contribution in [0.3, 0.4) is 0 Å². The predicted octanol–water partition coefficient (Wildman–Crippen LogP) is 2.96. The van der Waals surface area contributed by atoms with Crippen LogP contribution in [0, 0.1) is 11.8 Å². The first-order valence-electron chi connectivity index (χ1n) is 7.60. The van der Waals surface area contributed by atoms with Crippen molar-refractivity contribution in [2.24, 2.45) is 11.8 Å². The molecule has 1 aliphatic rings. The van der Waals surface area contributed by atoms with Gasteiger partial charge in [0, 0.05) is 12.6 Å². The van der Waals surface area contributed by atoms with Crippen LogP contribution in [0.5, 0.6) is 5.88 Å². The molecule has 1 aromatic rings. The van der Waals surface area contributed by atoms with Crippen LogP contribution in [0.1, 0.15) is 38.8 Å². The summed E-state index contributed by atoms with van der Waals surface area (Å²) < 4.78 is 5.77. The second-order valence-corrected chi connectivity index (χ2v) is 5.53. The van der Waals surface area contributed by atoms with E-state index in [9.17, 15) is 0 Å². The van der Waals surface area contributed by atoms with Crippen molar-refractivity contribution in [2.75, 3.05) is 13.2 Å². The van der Waals surface area contributed by atoms with Crippen molar-refractivity contribution in [3.05, 3.63) is 30.0 Å². The van der Waals surface area contributed by atoms with E-state index in [1.807, 2.05) is 12.1 Å². The molecular weight excluding hydrogens is 250 g/mol. The van der Waals surface area contributed by atoms with E-state index in [0.29, 0.717) is 17.7 Å². The SMILES string of the molecule is CCCNCc1ccc(OCC2CC=CCC2C)nn1. The van der Waals surface area contributed by atoms with Crippen molar-refractivity contribution in [2.45, 2.75) is 39.7 Å². The highest BCUT2D eigenvalue weighted by molar-refractivity contribution is 5.11. The molecular formula is C16H25N3O. The lowest BCUT2D eigenvalue weighted by atomic mass is 9.85. The summed E-state index contributed by atoms with van der Waals surface area (Å²) in [4.78, 5) is 0. The fraction of sp³-hybridized carbons (Fsp3) is 0.625. The molecule has 0 amide bonds. The van der Waals surface area contributed by atoms with Crippen LogP contribution >= 0.6 is 0 Å². The molecule has 0 aromatic carbocycles. The third-order valence-corrected chi connectivity index (χ3v) is 3.79. The fourth-order valence-electron chi connectivity index (χ4n) is 2.34. The number of aromatic nitrogens is 2. The molecule has 1 heterocycles. The first-order valence-corrected chi connectivity index (χ1v) is 7.60. The van der Waals surface area contributed by atoms with E-state index in [1.54, 1.807) is 0 Å². The summed E-state index contributed by atoms with van der Waals surface area (Å²) in [6.07, 6.45) is 7.90. The molecule has 0 aliphatic heterocycles. The van der Waals surface area contributed by atoms with E-state index >= 15 is 0 Å². The van der Waals surface area contributed by atoms with E-state index in [2.05, 4.69) is 41.5 Å². The van der Waals surface area contributed by atoms with Crippen molar-refractivity contribution >= 4 is 0 Å². The smallest absolute Gasteiger partial charge is 0.233 e. The van der Waals surface area contributed by atoms with Crippen LogP contribution in [-0.4, -0.2) is 23.3 Å². The van der Waals surface area contributed by atoms with Crippen LogP contribution in [0.25, 0.3) is 0 Å². The third kappa shape index (κ3) is 4.60. The number of nitrogens with one attached hydrogen (secondary N) is 1. The van der Waals surface area contributed by atoms with Crippen molar-refractivity contribution in [1.82, 2.24) is 15.5 Å². The molecule has 110 valence electrons. The normalized spacial score (nSPS) is 21.9. The average molecular weight is 275 g/mol. The minimum Gasteiger partial charge on any atom is -0.476 e. The molecule has 2 rings (SSSR count). The first-order chi connectivity index (χ1) is 9.79. The number of hydrogen-bond donors (Lipinski definition) is 1. The van der Waals surface area contributed by atoms with E-state index in [-0.39, 0.29) is 0 Å². The molecule has 4 nitrogen and oxygen atoms in total. The molecule has 0 spiro atoms. The highest BCUT2D eigenvalue weighted by Gasteiger charge is 2.19. The molecule has 4 heteroatoms. The lowest BCUT2D eigenvalue weighted by Crippen LogP contribution is -2.21. The average Bonchev–Trinajstić information content (AvgIpc) is 2.48. The van der Waals surface area contributed by atoms with Gasteiger partial charge in [-0.25, -0.2) is 0 Å². The molecule has 1 N–H and O–H groups in total. The van der Waals surface area contributed by atoms with Crippen LogP contribution in [0.15, 0.2) is 24.3 Å². The summed E-state index contributed by atoms with van der Waals surface area (Å²) in [5, 5.41) is 11.6. The number of hydrogen-bond acceptors (Lipinski definition) is 4. The van der Waals surface area contributed by atoms with Crippen LogP contribution < -0.4 is 10.1 Å². The number of rotatable bonds is 7. The Labute approximate surface area is 121 Å². The molecule has 1 aromatic heterocycles. The minimum absolute atomic E-state index is 0.590. The van der Waals surface area contributed by atoms with Gasteiger partial charge < -0.3 is 10.1 Å². The van der Waals surface area contributed by atoms with E-state index < -0.39 is 0 Å². The number of allylic oxidation sites excluding steroid dienone is 2. The summed E-state index contributed by atoms with van der Waals surface area (Å²) in [6, 6.07) is 3.90. The van der Waals surface area contributed by atoms with Gasteiger partial charge in [0.25, 0.3) is 0 Å². The van der Waals surface area contributed by atoms with Gasteiger partial charge in [-0.05, 0) is 43.7 Å². The third-order valence-electron chi connectivity index (χ3n) is 3.79. The lowest BCUT2D eigenvalue weighted by molar-refractivity contribution is 0.191. The van der Waals surface area contributed by atoms with Gasteiger partial charge in [0.15, 0.2) is 0 Å². The Kier molecular flexibility index (Phi) is 5.99. The maximum atomic E-state index is 5.77. The first kappa shape index (κ1) is 15.0. The van der Waals surface area contributed by atoms with E-state index in [1.165, 1.54) is 0 Å². The van der Waals surface area contributed by atoms with Crippen molar-refractivity contribution < 1.29 is 4.74 Å². The number of nitrogens with zero attached hydrogens (tertiary/aromatic N) is 2. The maximum absolute atomic E-state index is 5.77. The Morgan fingerprint density at radius 3 is 2.80 bits per heavy atom. The van der Waals surface area contributed by atoms with Crippen LogP contribution in [0.2, 0.25) is 0 Å². The van der Waals surface area contributed by atoms with Gasteiger partial charge in [-0.2, -0.15) is 5.10 Å². The van der Waals surface area contributed by atoms with Crippen molar-refractivity contribution in [3.8, 4) is 5.88 Å². The summed E-state index contributed by atoms with van der Waals surface area (Å²) in [7, 11) is 0. The zero-order valence-corrected chi connectivity index (χ0v) is 12.5. The number of ether oxygens (including phenoxy) is 1. The second kappa shape index (κ2) is 8.00. The highest BCUT2D eigenvalue weighted by atomic mass is 16.5. The molecule has 0 saturated heterocycles. The molecule has 0 bridgehead atoms. The Balaban J connectivity index is 1.77. The van der Waals surface area contributed by atoms with Gasteiger partial charge in [-0.1, -0.05) is 26.0 Å². The lowest BCUT2D eigenvalue weighted by Gasteiger charge is -2.24. The molecule has 2 atom stereocenters. The zero-order valence-electron chi connectivity index (χ0n) is 12.5. The standard InChI is InChI=1S/C16H25N3O/c1-3-10-17-11-15-8-9-16(19-18-15)20-12-14-7-5-4-6-13(14)2/h4-5,8-9,13-14,17H,3,6-7,10-12H2,1-2H3. The van der Waals surface area contributed by atoms with Crippen molar-refractivity contribution in [1.29, 1.82) is 0 Å². The quantitative estimate of drug-likeness (QED) is 0.614. The van der Waals surface area contributed by atoms with E-state index in [4.69, 9.17) is 4.74 Å². The molecule has 20 heavy (non-hydrogen) atoms. The maximum Gasteiger partial charge on any atom is 0.233 e. The Morgan fingerprint density at radius 2 is 2.10 bits per heavy atom. The zero-order chi connectivity index (χ0) is 14.2. The van der Waals surface area contributed by atoms with E-state index in [0.717, 1.165) is 44.7 Å². The minimum atomic E-state index is 0.590. The Morgan fingerprint density at radius 1 is 1.25 bits per heavy atom. The molecule has 0 saturated carbocycles. The monoisotopic (exact) mass is 275 g/mol. The van der Waals surface area contributed by atoms with Gasteiger partial charge in [0.05, 0.1) is 12.3 Å². The predicted molar refractivity (Wildman–Crippen MR) is 80.6 cm³/mol. The Bertz CT molecular complexity index is 416. The summed E-state index contributed by atoms with van der Waals surface area (Å²) in [5.74, 6) is 1.91. The second-order valence-electron chi connectivity index (χ2n) is 5.53. The molecule has 1 aliphatic carbocycles. The van der Waals surface area contributed by atoms with Crippen LogP contribution in [0.4, 0.5) is 0 Å². The fourth-order valence-corrected chi connectivity index (χ4v) is 2.34. The van der Waals surface area contributed by atoms with Gasteiger partial charge >= 0.3 is 0 Å². The van der Waals surface area contributed by atoms with Gasteiger partial charge in [0.2, 0.25) is 5.88 Å². The summed E-state index contributed by atoms with van der Waals surface area (Å²) in [6.45, 7) is 6.94. The summed E-state index contributed by atoms with van der Waals surface area (Å²) >= 11 is 0. The molecule has 0 fully saturated rings. The highest BCUT2D eigenvalue weighted by Crippen LogP contribution is 2.25. The van der Waals surface area contributed by atoms with Crippen molar-refractivity contribution in [3.63, 3.8) is 0 Å². The van der Waals surface area contributed by atoms with Crippen LogP contribution in [-0.2, 0) is 6.54 Å². The molecule has 2 unspecified atom stereocenters. The van der Waals surface area contributed by atoms with Gasteiger partial charge in [-0.3, -0.25) is 0 Å². The van der Waals surface area contributed by atoms with Gasteiger partial charge in [0.1, 0.15) is 0 Å².